The first-order chi connectivity index (χ1) is 10.3. The average Bonchev–Trinajstić information content (AvgIpc) is 3.01. The van der Waals surface area contributed by atoms with Gasteiger partial charge in [0.1, 0.15) is 12.1 Å². The second-order valence-electron chi connectivity index (χ2n) is 5.18. The van der Waals surface area contributed by atoms with E-state index in [0.29, 0.717) is 18.3 Å². The Labute approximate surface area is 124 Å². The van der Waals surface area contributed by atoms with Gasteiger partial charge >= 0.3 is 0 Å². The summed E-state index contributed by atoms with van der Waals surface area (Å²) in [6.07, 6.45) is 1.78. The molecule has 2 heterocycles. The quantitative estimate of drug-likeness (QED) is 0.916. The zero-order valence-corrected chi connectivity index (χ0v) is 12.5. The van der Waals surface area contributed by atoms with Crippen LogP contribution in [0, 0.1) is 0 Å². The molecule has 5 heteroatoms. The maximum Gasteiger partial charge on any atom is 0.248 e. The molecule has 0 saturated heterocycles. The lowest BCUT2D eigenvalue weighted by molar-refractivity contribution is 0.0518. The minimum Gasteiger partial charge on any atom is -0.370 e. The van der Waals surface area contributed by atoms with E-state index >= 15 is 0 Å². The topological polar surface area (TPSA) is 60.2 Å². The number of benzene rings is 1. The fraction of sp³-hybridized carbons (Fsp3) is 0.500. The Kier molecular flexibility index (Phi) is 4.31. The van der Waals surface area contributed by atoms with Gasteiger partial charge in [-0.2, -0.15) is 4.98 Å². The second kappa shape index (κ2) is 6.37. The molecule has 112 valence electrons. The number of hydrogen-bond acceptors (Lipinski definition) is 5. The first kappa shape index (κ1) is 14.2. The maximum atomic E-state index is 5.64. The van der Waals surface area contributed by atoms with Crippen LogP contribution in [-0.2, 0) is 11.2 Å². The summed E-state index contributed by atoms with van der Waals surface area (Å²) >= 11 is 0. The maximum absolute atomic E-state index is 5.64. The molecule has 5 nitrogen and oxygen atoms in total. The van der Waals surface area contributed by atoms with E-state index in [4.69, 9.17) is 9.26 Å². The van der Waals surface area contributed by atoms with E-state index in [1.807, 2.05) is 13.0 Å². The molecule has 1 aliphatic heterocycles. The summed E-state index contributed by atoms with van der Waals surface area (Å²) in [5, 5.41) is 7.56. The van der Waals surface area contributed by atoms with Crippen molar-refractivity contribution in [3.05, 3.63) is 47.1 Å². The lowest BCUT2D eigenvalue weighted by Crippen LogP contribution is -2.30. The highest BCUT2D eigenvalue weighted by Crippen LogP contribution is 2.28. The van der Waals surface area contributed by atoms with Crippen molar-refractivity contribution < 1.29 is 9.26 Å². The number of fused-ring (bicyclic) bond motifs is 1. The molecule has 0 radical (unpaired) electrons. The van der Waals surface area contributed by atoms with Crippen molar-refractivity contribution in [1.29, 1.82) is 0 Å². The Bertz CT molecular complexity index is 597. The van der Waals surface area contributed by atoms with Gasteiger partial charge in [-0.3, -0.25) is 0 Å². The van der Waals surface area contributed by atoms with E-state index in [2.05, 4.69) is 40.6 Å². The number of aromatic nitrogens is 2. The van der Waals surface area contributed by atoms with Crippen LogP contribution in [0.4, 0.5) is 0 Å². The lowest BCUT2D eigenvalue weighted by atomic mass is 9.94. The molecule has 1 aromatic heterocycles. The minimum absolute atomic E-state index is 0.0182. The van der Waals surface area contributed by atoms with E-state index in [0.717, 1.165) is 19.4 Å². The van der Waals surface area contributed by atoms with Crippen molar-refractivity contribution >= 4 is 0 Å². The van der Waals surface area contributed by atoms with Crippen molar-refractivity contribution in [3.63, 3.8) is 0 Å². The summed E-state index contributed by atoms with van der Waals surface area (Å²) in [6.45, 7) is 5.60. The second-order valence-corrected chi connectivity index (χ2v) is 5.18. The van der Waals surface area contributed by atoms with Crippen molar-refractivity contribution in [1.82, 2.24) is 15.5 Å². The Balaban J connectivity index is 1.87. The third kappa shape index (κ3) is 2.84. The van der Waals surface area contributed by atoms with Crippen LogP contribution in [-0.4, -0.2) is 23.3 Å². The Morgan fingerprint density at radius 1 is 1.38 bits per heavy atom. The number of ether oxygens (including phenoxy) is 1. The molecule has 2 atom stereocenters. The largest absolute Gasteiger partial charge is 0.370 e. The van der Waals surface area contributed by atoms with E-state index in [9.17, 15) is 0 Å². The number of rotatable bonds is 5. The zero-order valence-electron chi connectivity index (χ0n) is 12.5. The van der Waals surface area contributed by atoms with Crippen LogP contribution in [0.15, 0.2) is 28.8 Å². The summed E-state index contributed by atoms with van der Waals surface area (Å²) in [7, 11) is 0. The highest BCUT2D eigenvalue weighted by molar-refractivity contribution is 5.35. The third-order valence-electron chi connectivity index (χ3n) is 3.84. The fourth-order valence-electron chi connectivity index (χ4n) is 2.80. The molecule has 1 N–H and O–H groups in total. The number of hydrogen-bond donors (Lipinski definition) is 1. The monoisotopic (exact) mass is 287 g/mol. The van der Waals surface area contributed by atoms with Gasteiger partial charge in [0.25, 0.3) is 0 Å². The van der Waals surface area contributed by atoms with Crippen LogP contribution >= 0.6 is 0 Å². The molecule has 1 aliphatic rings. The molecular formula is C16H21N3O2. The third-order valence-corrected chi connectivity index (χ3v) is 3.84. The van der Waals surface area contributed by atoms with E-state index in [1.165, 1.54) is 11.1 Å². The molecule has 0 spiro atoms. The van der Waals surface area contributed by atoms with Crippen LogP contribution in [0.5, 0.6) is 0 Å². The summed E-state index contributed by atoms with van der Waals surface area (Å²) in [4.78, 5) is 4.56. The van der Waals surface area contributed by atoms with Crippen molar-refractivity contribution in [2.75, 3.05) is 13.2 Å². The highest BCUT2D eigenvalue weighted by Gasteiger charge is 2.27. The first-order valence-electron chi connectivity index (χ1n) is 7.59. The summed E-state index contributed by atoms with van der Waals surface area (Å²) in [6, 6.07) is 8.38. The predicted octanol–water partition coefficient (Wildman–Crippen LogP) is 2.79. The van der Waals surface area contributed by atoms with Crippen molar-refractivity contribution in [2.45, 2.75) is 38.8 Å². The number of nitrogens with zero attached hydrogens (tertiary/aromatic N) is 2. The molecular weight excluding hydrogens is 266 g/mol. The van der Waals surface area contributed by atoms with Crippen molar-refractivity contribution in [3.8, 4) is 0 Å². The molecule has 0 bridgehead atoms. The van der Waals surface area contributed by atoms with Crippen molar-refractivity contribution in [2.24, 2.45) is 0 Å². The van der Waals surface area contributed by atoms with Gasteiger partial charge in [-0.25, -0.2) is 0 Å². The highest BCUT2D eigenvalue weighted by atomic mass is 16.5. The van der Waals surface area contributed by atoms with Gasteiger partial charge in [0, 0.05) is 13.2 Å². The Hall–Kier alpha value is -1.72. The fourth-order valence-corrected chi connectivity index (χ4v) is 2.80. The SMILES string of the molecule is CCOC(CC)c1noc(C2NCCc3ccccc32)n1. The summed E-state index contributed by atoms with van der Waals surface area (Å²) in [5.74, 6) is 1.26. The summed E-state index contributed by atoms with van der Waals surface area (Å²) < 4.78 is 11.1. The molecule has 3 rings (SSSR count). The van der Waals surface area contributed by atoms with Gasteiger partial charge < -0.3 is 14.6 Å². The van der Waals surface area contributed by atoms with Gasteiger partial charge in [0.05, 0.1) is 0 Å². The molecule has 1 aromatic carbocycles. The summed E-state index contributed by atoms with van der Waals surface area (Å²) in [5.41, 5.74) is 2.57. The van der Waals surface area contributed by atoms with Gasteiger partial charge in [0.2, 0.25) is 11.7 Å². The molecule has 0 aliphatic carbocycles. The van der Waals surface area contributed by atoms with E-state index in [-0.39, 0.29) is 12.1 Å². The molecule has 21 heavy (non-hydrogen) atoms. The molecule has 0 amide bonds. The Morgan fingerprint density at radius 3 is 3.05 bits per heavy atom. The molecule has 0 saturated carbocycles. The van der Waals surface area contributed by atoms with Crippen LogP contribution in [0.2, 0.25) is 0 Å². The van der Waals surface area contributed by atoms with Gasteiger partial charge in [-0.1, -0.05) is 36.3 Å². The first-order valence-corrected chi connectivity index (χ1v) is 7.59. The standard InChI is InChI=1S/C16H21N3O2/c1-3-13(20-4-2)15-18-16(21-19-15)14-12-8-6-5-7-11(12)9-10-17-14/h5-8,13-14,17H,3-4,9-10H2,1-2H3. The van der Waals surface area contributed by atoms with Gasteiger partial charge in [-0.05, 0) is 30.9 Å². The average molecular weight is 287 g/mol. The lowest BCUT2D eigenvalue weighted by Gasteiger charge is -2.23. The molecule has 0 fully saturated rings. The van der Waals surface area contributed by atoms with Gasteiger partial charge in [0.15, 0.2) is 0 Å². The smallest absolute Gasteiger partial charge is 0.248 e. The number of nitrogens with one attached hydrogen (secondary N) is 1. The zero-order chi connectivity index (χ0) is 14.7. The Morgan fingerprint density at radius 2 is 2.24 bits per heavy atom. The van der Waals surface area contributed by atoms with Crippen LogP contribution < -0.4 is 5.32 Å². The van der Waals surface area contributed by atoms with Crippen LogP contribution in [0.25, 0.3) is 0 Å². The van der Waals surface area contributed by atoms with E-state index in [1.54, 1.807) is 0 Å². The normalized spacial score (nSPS) is 19.2. The van der Waals surface area contributed by atoms with Crippen LogP contribution in [0.1, 0.15) is 55.3 Å². The van der Waals surface area contributed by atoms with Gasteiger partial charge in [-0.15, -0.1) is 0 Å². The minimum atomic E-state index is -0.0914. The van der Waals surface area contributed by atoms with Crippen LogP contribution in [0.3, 0.4) is 0 Å². The molecule has 2 unspecified atom stereocenters. The predicted molar refractivity (Wildman–Crippen MR) is 78.9 cm³/mol. The molecule has 2 aromatic rings. The van der Waals surface area contributed by atoms with E-state index < -0.39 is 0 Å².